The summed E-state index contributed by atoms with van der Waals surface area (Å²) in [5.41, 5.74) is 1.65. The van der Waals surface area contributed by atoms with Crippen LogP contribution in [0.1, 0.15) is 18.2 Å². The van der Waals surface area contributed by atoms with Crippen LogP contribution in [0.15, 0.2) is 64.3 Å². The van der Waals surface area contributed by atoms with Crippen LogP contribution in [0.4, 0.5) is 0 Å². The molecule has 3 rings (SSSR count). The van der Waals surface area contributed by atoms with Gasteiger partial charge in [0.2, 0.25) is 5.88 Å². The van der Waals surface area contributed by atoms with Crippen molar-refractivity contribution in [3.8, 4) is 28.9 Å². The van der Waals surface area contributed by atoms with Gasteiger partial charge < -0.3 is 19.0 Å². The first-order valence-corrected chi connectivity index (χ1v) is 10.6. The standard InChI is InChI=1S/C23H23Cl2N3O4/c1-4-21-20(15-26-29-3)23(28(2)27-21)32-19-11-9-18(10-12-19)31-17-7-5-16(6-8-17)30-14-13-22(24)25/h5-13,15H,4,14H2,1-3H3. The first-order chi connectivity index (χ1) is 15.5. The fourth-order valence-corrected chi connectivity index (χ4v) is 2.95. The van der Waals surface area contributed by atoms with Crippen LogP contribution in [-0.2, 0) is 18.3 Å². The Morgan fingerprint density at radius 2 is 1.53 bits per heavy atom. The summed E-state index contributed by atoms with van der Waals surface area (Å²) >= 11 is 11.1. The van der Waals surface area contributed by atoms with Crippen molar-refractivity contribution >= 4 is 29.4 Å². The van der Waals surface area contributed by atoms with Crippen molar-refractivity contribution in [2.75, 3.05) is 13.7 Å². The van der Waals surface area contributed by atoms with Crippen LogP contribution in [0.2, 0.25) is 0 Å². The molecule has 0 amide bonds. The molecule has 0 aliphatic heterocycles. The third-order valence-corrected chi connectivity index (χ3v) is 4.62. The van der Waals surface area contributed by atoms with E-state index >= 15 is 0 Å². The maximum atomic E-state index is 6.05. The zero-order valence-corrected chi connectivity index (χ0v) is 19.4. The summed E-state index contributed by atoms with van der Waals surface area (Å²) in [6.45, 7) is 2.31. The highest BCUT2D eigenvalue weighted by molar-refractivity contribution is 6.55. The van der Waals surface area contributed by atoms with E-state index in [1.54, 1.807) is 29.1 Å². The summed E-state index contributed by atoms with van der Waals surface area (Å²) in [7, 11) is 3.32. The van der Waals surface area contributed by atoms with Gasteiger partial charge in [-0.1, -0.05) is 35.3 Å². The van der Waals surface area contributed by atoms with E-state index in [2.05, 4.69) is 10.3 Å². The van der Waals surface area contributed by atoms with E-state index in [9.17, 15) is 0 Å². The molecule has 0 bridgehead atoms. The molecule has 0 atom stereocenters. The molecule has 0 saturated carbocycles. The van der Waals surface area contributed by atoms with Crippen molar-refractivity contribution in [3.63, 3.8) is 0 Å². The quantitative estimate of drug-likeness (QED) is 0.256. The largest absolute Gasteiger partial charge is 0.489 e. The molecule has 0 unspecified atom stereocenters. The van der Waals surface area contributed by atoms with Crippen molar-refractivity contribution in [3.05, 3.63) is 70.4 Å². The zero-order valence-electron chi connectivity index (χ0n) is 17.9. The molecule has 168 valence electrons. The summed E-state index contributed by atoms with van der Waals surface area (Å²) in [6.07, 6.45) is 3.92. The minimum Gasteiger partial charge on any atom is -0.489 e. The Morgan fingerprint density at radius 1 is 0.969 bits per heavy atom. The Morgan fingerprint density at radius 3 is 2.06 bits per heavy atom. The van der Waals surface area contributed by atoms with E-state index in [0.29, 0.717) is 35.5 Å². The molecule has 1 heterocycles. The van der Waals surface area contributed by atoms with Crippen LogP contribution >= 0.6 is 23.2 Å². The number of ether oxygens (including phenoxy) is 3. The summed E-state index contributed by atoms with van der Waals surface area (Å²) in [6, 6.07) is 14.5. The maximum Gasteiger partial charge on any atom is 0.226 e. The highest BCUT2D eigenvalue weighted by Crippen LogP contribution is 2.30. The third kappa shape index (κ3) is 6.42. The molecule has 0 N–H and O–H groups in total. The van der Waals surface area contributed by atoms with Crippen molar-refractivity contribution < 1.29 is 19.0 Å². The summed E-state index contributed by atoms with van der Waals surface area (Å²) in [5.74, 6) is 3.25. The van der Waals surface area contributed by atoms with Gasteiger partial charge in [0.15, 0.2) is 0 Å². The molecule has 0 saturated heterocycles. The highest BCUT2D eigenvalue weighted by atomic mass is 35.5. The van der Waals surface area contributed by atoms with Crippen molar-refractivity contribution in [2.24, 2.45) is 12.2 Å². The number of rotatable bonds is 10. The van der Waals surface area contributed by atoms with Crippen LogP contribution in [0, 0.1) is 0 Å². The molecule has 0 aliphatic carbocycles. The normalized spacial score (nSPS) is 10.8. The first kappa shape index (κ1) is 23.5. The molecule has 0 radical (unpaired) electrons. The molecule has 0 spiro atoms. The third-order valence-electron chi connectivity index (χ3n) is 4.31. The van der Waals surface area contributed by atoms with E-state index < -0.39 is 0 Å². The molecule has 9 heteroatoms. The first-order valence-electron chi connectivity index (χ1n) is 9.82. The maximum absolute atomic E-state index is 6.05. The van der Waals surface area contributed by atoms with Crippen LogP contribution in [0.25, 0.3) is 0 Å². The Balaban J connectivity index is 1.65. The number of hydrogen-bond acceptors (Lipinski definition) is 6. The van der Waals surface area contributed by atoms with Gasteiger partial charge in [0.1, 0.15) is 41.2 Å². The Bertz CT molecular complexity index is 1070. The molecule has 32 heavy (non-hydrogen) atoms. The van der Waals surface area contributed by atoms with E-state index in [-0.39, 0.29) is 4.49 Å². The lowest BCUT2D eigenvalue weighted by molar-refractivity contribution is 0.215. The molecule has 2 aromatic carbocycles. The van der Waals surface area contributed by atoms with Gasteiger partial charge in [-0.3, -0.25) is 0 Å². The van der Waals surface area contributed by atoms with Gasteiger partial charge in [-0.05, 0) is 61.0 Å². The number of halogens is 2. The Labute approximate surface area is 196 Å². The number of aromatic nitrogens is 2. The molecular weight excluding hydrogens is 453 g/mol. The molecule has 0 aliphatic rings. The number of aryl methyl sites for hydroxylation is 2. The SMILES string of the molecule is CCc1nn(C)c(Oc2ccc(Oc3ccc(OCC=C(Cl)Cl)cc3)cc2)c1C=NOC. The second kappa shape index (κ2) is 11.5. The van der Waals surface area contributed by atoms with Gasteiger partial charge in [0.25, 0.3) is 0 Å². The predicted octanol–water partition coefficient (Wildman–Crippen LogP) is 6.25. The van der Waals surface area contributed by atoms with Crippen molar-refractivity contribution in [1.82, 2.24) is 9.78 Å². The number of nitrogens with zero attached hydrogens (tertiary/aromatic N) is 3. The number of hydrogen-bond donors (Lipinski definition) is 0. The fourth-order valence-electron chi connectivity index (χ4n) is 2.82. The van der Waals surface area contributed by atoms with Crippen molar-refractivity contribution in [2.45, 2.75) is 13.3 Å². The number of benzene rings is 2. The summed E-state index contributed by atoms with van der Waals surface area (Å²) in [4.78, 5) is 4.81. The number of oxime groups is 1. The second-order valence-electron chi connectivity index (χ2n) is 6.51. The molecule has 7 nitrogen and oxygen atoms in total. The smallest absolute Gasteiger partial charge is 0.226 e. The lowest BCUT2D eigenvalue weighted by Gasteiger charge is -2.10. The van der Waals surface area contributed by atoms with Crippen LogP contribution in [-0.4, -0.2) is 29.7 Å². The zero-order chi connectivity index (χ0) is 22.9. The topological polar surface area (TPSA) is 67.1 Å². The Hall–Kier alpha value is -3.16. The van der Waals surface area contributed by atoms with Crippen LogP contribution in [0.3, 0.4) is 0 Å². The average Bonchev–Trinajstić information content (AvgIpc) is 3.09. The van der Waals surface area contributed by atoms with E-state index in [1.807, 2.05) is 50.4 Å². The van der Waals surface area contributed by atoms with Gasteiger partial charge in [-0.25, -0.2) is 4.68 Å². The molecule has 0 fully saturated rings. The van der Waals surface area contributed by atoms with Gasteiger partial charge in [0.05, 0.1) is 17.5 Å². The lowest BCUT2D eigenvalue weighted by Crippen LogP contribution is -1.97. The van der Waals surface area contributed by atoms with Gasteiger partial charge in [-0.15, -0.1) is 0 Å². The second-order valence-corrected chi connectivity index (χ2v) is 7.52. The van der Waals surface area contributed by atoms with Gasteiger partial charge in [0, 0.05) is 7.05 Å². The monoisotopic (exact) mass is 475 g/mol. The van der Waals surface area contributed by atoms with E-state index in [0.717, 1.165) is 17.7 Å². The summed E-state index contributed by atoms with van der Waals surface area (Å²) in [5, 5.41) is 8.34. The minimum atomic E-state index is 0.172. The highest BCUT2D eigenvalue weighted by Gasteiger charge is 2.16. The van der Waals surface area contributed by atoms with Gasteiger partial charge in [-0.2, -0.15) is 5.10 Å². The van der Waals surface area contributed by atoms with E-state index in [1.165, 1.54) is 7.11 Å². The molecular formula is C23H23Cl2N3O4. The predicted molar refractivity (Wildman–Crippen MR) is 126 cm³/mol. The van der Waals surface area contributed by atoms with Gasteiger partial charge >= 0.3 is 0 Å². The lowest BCUT2D eigenvalue weighted by atomic mass is 10.2. The fraction of sp³-hybridized carbons (Fsp3) is 0.217. The minimum absolute atomic E-state index is 0.172. The van der Waals surface area contributed by atoms with E-state index in [4.69, 9.17) is 42.3 Å². The Kier molecular flexibility index (Phi) is 8.41. The molecule has 3 aromatic rings. The van der Waals surface area contributed by atoms with Crippen LogP contribution in [0.5, 0.6) is 28.9 Å². The summed E-state index contributed by atoms with van der Waals surface area (Å²) < 4.78 is 19.3. The average molecular weight is 476 g/mol. The molecule has 1 aromatic heterocycles. The van der Waals surface area contributed by atoms with Crippen LogP contribution < -0.4 is 14.2 Å². The van der Waals surface area contributed by atoms with Crippen molar-refractivity contribution in [1.29, 1.82) is 0 Å².